The van der Waals surface area contributed by atoms with Crippen molar-refractivity contribution in [3.63, 3.8) is 0 Å². The molecule has 2 aliphatic heterocycles. The molecule has 11 nitrogen and oxygen atoms in total. The second kappa shape index (κ2) is 6.41. The number of carboxylic acids is 2. The third kappa shape index (κ3) is 2.85. The molecule has 0 aliphatic carbocycles. The summed E-state index contributed by atoms with van der Waals surface area (Å²) in [6.07, 6.45) is 0. The Morgan fingerprint density at radius 3 is 2.83 bits per heavy atom. The molecule has 3 rings (SSSR count). The predicted molar refractivity (Wildman–Crippen MR) is 81.9 cm³/mol. The third-order valence-corrected chi connectivity index (χ3v) is 5.85. The highest BCUT2D eigenvalue weighted by atomic mass is 32.2. The van der Waals surface area contributed by atoms with Gasteiger partial charge in [-0.05, 0) is 16.0 Å². The predicted octanol–water partition coefficient (Wildman–Crippen LogP) is -1.57. The molecule has 1 saturated heterocycles. The number of carbonyl (C=O) groups excluding carboxylic acids is 1. The first-order chi connectivity index (χ1) is 11.4. The molecule has 0 aromatic carbocycles. The lowest BCUT2D eigenvalue weighted by atomic mass is 10.0. The molecule has 2 aliphatic rings. The van der Waals surface area contributed by atoms with Crippen LogP contribution in [-0.4, -0.2) is 76.1 Å². The fourth-order valence-corrected chi connectivity index (χ4v) is 4.68. The number of thioether (sulfide) groups is 2. The molecule has 4 N–H and O–H groups in total. The van der Waals surface area contributed by atoms with Crippen LogP contribution in [0, 0.1) is 0 Å². The van der Waals surface area contributed by atoms with Crippen molar-refractivity contribution >= 4 is 41.4 Å². The summed E-state index contributed by atoms with van der Waals surface area (Å²) in [5, 5.41) is 28.8. The minimum absolute atomic E-state index is 0.0600. The van der Waals surface area contributed by atoms with Gasteiger partial charge in [-0.2, -0.15) is 0 Å². The van der Waals surface area contributed by atoms with Gasteiger partial charge < -0.3 is 15.9 Å². The van der Waals surface area contributed by atoms with Gasteiger partial charge >= 0.3 is 11.9 Å². The third-order valence-electron chi connectivity index (χ3n) is 3.45. The van der Waals surface area contributed by atoms with E-state index in [9.17, 15) is 19.5 Å². The summed E-state index contributed by atoms with van der Waals surface area (Å²) in [7, 11) is 0. The molecule has 24 heavy (non-hydrogen) atoms. The number of nitrogens with zero attached hydrogens (tertiary/aromatic N) is 5. The largest absolute Gasteiger partial charge is 0.480 e. The van der Waals surface area contributed by atoms with Crippen LogP contribution in [0.4, 0.5) is 0 Å². The van der Waals surface area contributed by atoms with Gasteiger partial charge in [0.25, 0.3) is 0 Å². The lowest BCUT2D eigenvalue weighted by Gasteiger charge is -2.48. The fraction of sp³-hybridized carbons (Fsp3) is 0.455. The summed E-state index contributed by atoms with van der Waals surface area (Å²) in [6.45, 7) is -0.392. The number of carboxylic acid groups (broad SMARTS) is 2. The number of aliphatic carboxylic acids is 2. The van der Waals surface area contributed by atoms with Crippen LogP contribution >= 0.6 is 23.5 Å². The van der Waals surface area contributed by atoms with Crippen LogP contribution in [0.1, 0.15) is 0 Å². The molecule has 1 aromatic rings. The highest BCUT2D eigenvalue weighted by Gasteiger charge is 2.51. The van der Waals surface area contributed by atoms with E-state index in [0.29, 0.717) is 11.3 Å². The zero-order chi connectivity index (χ0) is 17.4. The van der Waals surface area contributed by atoms with Crippen LogP contribution in [0.2, 0.25) is 0 Å². The number of nitrogens with two attached hydrogens (primary N) is 1. The smallest absolute Gasteiger partial charge is 0.352 e. The van der Waals surface area contributed by atoms with Crippen molar-refractivity contribution in [1.29, 1.82) is 0 Å². The Bertz CT molecular complexity index is 749. The zero-order valence-electron chi connectivity index (χ0n) is 12.0. The number of rotatable bonds is 6. The average Bonchev–Trinajstić information content (AvgIpc) is 2.97. The van der Waals surface area contributed by atoms with E-state index in [2.05, 4.69) is 15.5 Å². The van der Waals surface area contributed by atoms with Gasteiger partial charge in [-0.1, -0.05) is 11.8 Å². The first-order valence-electron chi connectivity index (χ1n) is 6.66. The zero-order valence-corrected chi connectivity index (χ0v) is 13.7. The van der Waals surface area contributed by atoms with E-state index in [1.165, 1.54) is 16.7 Å². The minimum atomic E-state index is -1.19. The number of hydrogen-bond acceptors (Lipinski definition) is 9. The number of aromatic nitrogens is 4. The Labute approximate surface area is 143 Å². The Kier molecular flexibility index (Phi) is 4.47. The van der Waals surface area contributed by atoms with Crippen molar-refractivity contribution in [3.8, 4) is 0 Å². The molecule has 0 spiro atoms. The molecule has 3 heterocycles. The van der Waals surface area contributed by atoms with Gasteiger partial charge in [0, 0.05) is 11.5 Å². The lowest BCUT2D eigenvalue weighted by molar-refractivity contribution is -0.147. The van der Waals surface area contributed by atoms with Gasteiger partial charge in [0.2, 0.25) is 11.1 Å². The molecule has 0 bridgehead atoms. The number of carbonyl (C=O) groups is 3. The van der Waals surface area contributed by atoms with E-state index < -0.39 is 30.4 Å². The maximum absolute atomic E-state index is 11.8. The van der Waals surface area contributed by atoms with E-state index in [-0.39, 0.29) is 22.0 Å². The van der Waals surface area contributed by atoms with E-state index >= 15 is 0 Å². The Balaban J connectivity index is 1.78. The van der Waals surface area contributed by atoms with Crippen molar-refractivity contribution in [2.24, 2.45) is 5.73 Å². The molecule has 128 valence electrons. The Hall–Kier alpha value is -2.12. The second-order valence-corrected chi connectivity index (χ2v) is 7.04. The van der Waals surface area contributed by atoms with Gasteiger partial charge in [0.05, 0.1) is 0 Å². The molecule has 0 radical (unpaired) electrons. The van der Waals surface area contributed by atoms with Crippen molar-refractivity contribution in [1.82, 2.24) is 25.1 Å². The molecular formula is C11H12N6O5S2. The van der Waals surface area contributed by atoms with E-state index in [1.807, 2.05) is 0 Å². The first kappa shape index (κ1) is 16.7. The number of β-lactam (4-membered cyclic amide) rings is 1. The highest BCUT2D eigenvalue weighted by Crippen LogP contribution is 2.40. The molecule has 2 atom stereocenters. The standard InChI is InChI=1S/C11H12N6O5S2/c12-6-8(20)17-7(10(21)22)4(2-23-9(6)17)3-24-11-13-14-15-16(11)1-5(18)19/h6,9H,1-3,12H2,(H,18,19)(H,21,22)/t6?,9-/m1/s1. The van der Waals surface area contributed by atoms with Crippen LogP contribution in [0.3, 0.4) is 0 Å². The molecule has 1 aromatic heterocycles. The van der Waals surface area contributed by atoms with Crippen LogP contribution < -0.4 is 5.73 Å². The van der Waals surface area contributed by atoms with Crippen LogP contribution in [0.15, 0.2) is 16.4 Å². The van der Waals surface area contributed by atoms with Crippen LogP contribution in [0.25, 0.3) is 0 Å². The van der Waals surface area contributed by atoms with E-state index in [1.54, 1.807) is 0 Å². The van der Waals surface area contributed by atoms with Gasteiger partial charge in [-0.15, -0.1) is 16.9 Å². The monoisotopic (exact) mass is 372 g/mol. The lowest BCUT2D eigenvalue weighted by Crippen LogP contribution is -2.68. The molecule has 13 heteroatoms. The van der Waals surface area contributed by atoms with Crippen molar-refractivity contribution in [2.45, 2.75) is 23.1 Å². The maximum atomic E-state index is 11.8. The summed E-state index contributed by atoms with van der Waals surface area (Å²) >= 11 is 2.51. The van der Waals surface area contributed by atoms with Gasteiger partial charge in [0.1, 0.15) is 23.7 Å². The van der Waals surface area contributed by atoms with Gasteiger partial charge in [-0.25, -0.2) is 9.48 Å². The average molecular weight is 372 g/mol. The van der Waals surface area contributed by atoms with Gasteiger partial charge in [0.15, 0.2) is 0 Å². The summed E-state index contributed by atoms with van der Waals surface area (Å²) in [5.74, 6) is -2.06. The summed E-state index contributed by atoms with van der Waals surface area (Å²) in [5.41, 5.74) is 6.16. The first-order valence-corrected chi connectivity index (χ1v) is 8.70. The van der Waals surface area contributed by atoms with E-state index in [4.69, 9.17) is 10.8 Å². The summed E-state index contributed by atoms with van der Waals surface area (Å²) in [4.78, 5) is 35.3. The minimum Gasteiger partial charge on any atom is -0.480 e. The number of tetrazole rings is 1. The number of hydrogen-bond donors (Lipinski definition) is 3. The van der Waals surface area contributed by atoms with Crippen molar-refractivity contribution in [3.05, 3.63) is 11.3 Å². The SMILES string of the molecule is NC1C(=O)N2C(C(=O)O)=C(CSc3nnnn3CC(=O)O)CS[C@H]12. The van der Waals surface area contributed by atoms with Crippen LogP contribution in [-0.2, 0) is 20.9 Å². The molecule has 0 saturated carbocycles. The fourth-order valence-electron chi connectivity index (χ4n) is 2.37. The Morgan fingerprint density at radius 2 is 2.17 bits per heavy atom. The maximum Gasteiger partial charge on any atom is 0.352 e. The van der Waals surface area contributed by atoms with Crippen molar-refractivity contribution < 1.29 is 24.6 Å². The molecule has 1 unspecified atom stereocenters. The summed E-state index contributed by atoms with van der Waals surface area (Å²) in [6, 6.07) is -0.679. The molecule has 1 fully saturated rings. The highest BCUT2D eigenvalue weighted by molar-refractivity contribution is 8.01. The normalized spacial score (nSPS) is 23.0. The van der Waals surface area contributed by atoms with Crippen molar-refractivity contribution in [2.75, 3.05) is 11.5 Å². The number of fused-ring (bicyclic) bond motifs is 1. The topological polar surface area (TPSA) is 165 Å². The molecule has 1 amide bonds. The van der Waals surface area contributed by atoms with Crippen LogP contribution in [0.5, 0.6) is 0 Å². The quantitative estimate of drug-likeness (QED) is 0.390. The second-order valence-electron chi connectivity index (χ2n) is 4.99. The molecular weight excluding hydrogens is 360 g/mol. The Morgan fingerprint density at radius 1 is 1.42 bits per heavy atom. The van der Waals surface area contributed by atoms with Gasteiger partial charge in [-0.3, -0.25) is 14.5 Å². The summed E-state index contributed by atoms with van der Waals surface area (Å²) < 4.78 is 1.11. The van der Waals surface area contributed by atoms with E-state index in [0.717, 1.165) is 16.4 Å². The number of amides is 1.